The molecule has 1 aliphatic rings. The number of nitro groups is 1. The second kappa shape index (κ2) is 7.18. The molecular formula is C19H16N2O5. The van der Waals surface area contributed by atoms with Crippen LogP contribution in [0.1, 0.15) is 23.6 Å². The van der Waals surface area contributed by atoms with Crippen LogP contribution in [0.2, 0.25) is 0 Å². The fraction of sp³-hybridized carbons (Fsp3) is 0.158. The lowest BCUT2D eigenvalue weighted by molar-refractivity contribution is -0.385. The molecule has 2 aromatic rings. The maximum Gasteiger partial charge on any atom is 0.363 e. The van der Waals surface area contributed by atoms with Crippen LogP contribution in [0.3, 0.4) is 0 Å². The van der Waals surface area contributed by atoms with E-state index in [1.807, 2.05) is 6.92 Å². The number of carbonyl (C=O) groups is 1. The highest BCUT2D eigenvalue weighted by Crippen LogP contribution is 2.26. The highest BCUT2D eigenvalue weighted by Gasteiger charge is 2.27. The highest BCUT2D eigenvalue weighted by atomic mass is 16.6. The quantitative estimate of drug-likeness (QED) is 0.354. The molecule has 3 rings (SSSR count). The molecule has 0 saturated carbocycles. The van der Waals surface area contributed by atoms with Crippen molar-refractivity contribution in [3.05, 3.63) is 75.0 Å². The van der Waals surface area contributed by atoms with Gasteiger partial charge < -0.3 is 9.47 Å². The summed E-state index contributed by atoms with van der Waals surface area (Å²) in [7, 11) is 0. The number of aliphatic imine (C=N–C) groups is 1. The zero-order valence-electron chi connectivity index (χ0n) is 14.3. The molecule has 0 aromatic heterocycles. The third-order valence-electron chi connectivity index (χ3n) is 3.85. The summed E-state index contributed by atoms with van der Waals surface area (Å²) in [5.74, 6) is 0.202. The summed E-state index contributed by atoms with van der Waals surface area (Å²) < 4.78 is 10.6. The van der Waals surface area contributed by atoms with Crippen LogP contribution in [-0.4, -0.2) is 23.4 Å². The first-order chi connectivity index (χ1) is 12.5. The van der Waals surface area contributed by atoms with Gasteiger partial charge in [-0.1, -0.05) is 18.2 Å². The molecule has 0 fully saturated rings. The van der Waals surface area contributed by atoms with Crippen LogP contribution in [0, 0.1) is 17.0 Å². The van der Waals surface area contributed by atoms with E-state index in [0.29, 0.717) is 17.7 Å². The number of nitro benzene ring substituents is 1. The molecule has 2 aromatic carbocycles. The van der Waals surface area contributed by atoms with Crippen molar-refractivity contribution in [2.24, 2.45) is 4.99 Å². The van der Waals surface area contributed by atoms with Gasteiger partial charge in [-0.05, 0) is 43.7 Å². The van der Waals surface area contributed by atoms with Crippen molar-refractivity contribution < 1.29 is 19.2 Å². The summed E-state index contributed by atoms with van der Waals surface area (Å²) in [6.07, 6.45) is 1.59. The number of rotatable bonds is 5. The number of ether oxygens (including phenoxy) is 2. The van der Waals surface area contributed by atoms with E-state index in [0.717, 1.165) is 11.3 Å². The smallest absolute Gasteiger partial charge is 0.363 e. The Bertz CT molecular complexity index is 929. The number of nitrogens with zero attached hydrogens (tertiary/aromatic N) is 2. The minimum Gasteiger partial charge on any atom is -0.494 e. The zero-order chi connectivity index (χ0) is 18.7. The largest absolute Gasteiger partial charge is 0.494 e. The van der Waals surface area contributed by atoms with E-state index in [9.17, 15) is 14.9 Å². The van der Waals surface area contributed by atoms with E-state index in [2.05, 4.69) is 4.99 Å². The number of cyclic esters (lactones) is 1. The number of hydrogen-bond acceptors (Lipinski definition) is 6. The summed E-state index contributed by atoms with van der Waals surface area (Å²) in [5.41, 5.74) is 1.66. The Morgan fingerprint density at radius 2 is 1.96 bits per heavy atom. The van der Waals surface area contributed by atoms with E-state index >= 15 is 0 Å². The van der Waals surface area contributed by atoms with Gasteiger partial charge in [0, 0.05) is 17.2 Å². The molecule has 0 N–H and O–H groups in total. The van der Waals surface area contributed by atoms with Crippen LogP contribution >= 0.6 is 0 Å². The van der Waals surface area contributed by atoms with Crippen molar-refractivity contribution in [1.82, 2.24) is 0 Å². The fourth-order valence-electron chi connectivity index (χ4n) is 2.56. The lowest BCUT2D eigenvalue weighted by Gasteiger charge is -2.04. The summed E-state index contributed by atoms with van der Waals surface area (Å²) in [5, 5.41) is 11.1. The number of hydrogen-bond donors (Lipinski definition) is 0. The molecule has 7 nitrogen and oxygen atoms in total. The zero-order valence-corrected chi connectivity index (χ0v) is 14.3. The molecule has 1 aliphatic heterocycles. The molecule has 0 aliphatic carbocycles. The van der Waals surface area contributed by atoms with Crippen molar-refractivity contribution in [2.45, 2.75) is 13.8 Å². The Morgan fingerprint density at radius 3 is 2.62 bits per heavy atom. The van der Waals surface area contributed by atoms with Crippen molar-refractivity contribution in [3.63, 3.8) is 0 Å². The normalized spacial score (nSPS) is 14.9. The van der Waals surface area contributed by atoms with Gasteiger partial charge in [0.05, 0.1) is 11.5 Å². The number of benzene rings is 2. The van der Waals surface area contributed by atoms with Crippen LogP contribution in [-0.2, 0) is 9.53 Å². The lowest BCUT2D eigenvalue weighted by atomic mass is 10.1. The van der Waals surface area contributed by atoms with Crippen LogP contribution < -0.4 is 4.74 Å². The Balaban J connectivity index is 1.92. The third kappa shape index (κ3) is 3.46. The standard InChI is InChI=1S/C19H16N2O5/c1-3-25-14-9-7-13(8-10-14)11-16-19(22)26-18(20-16)15-5-4-6-17(12(15)2)21(23)24/h4-11H,3H2,1-2H3/b16-11-. The van der Waals surface area contributed by atoms with E-state index in [1.165, 1.54) is 12.1 Å². The third-order valence-corrected chi connectivity index (χ3v) is 3.85. The van der Waals surface area contributed by atoms with E-state index in [-0.39, 0.29) is 17.3 Å². The van der Waals surface area contributed by atoms with Crippen molar-refractivity contribution in [3.8, 4) is 5.75 Å². The highest BCUT2D eigenvalue weighted by molar-refractivity contribution is 6.13. The predicted octanol–water partition coefficient (Wildman–Crippen LogP) is 3.65. The molecule has 7 heteroatoms. The van der Waals surface area contributed by atoms with Crippen LogP contribution in [0.25, 0.3) is 6.08 Å². The van der Waals surface area contributed by atoms with E-state index in [1.54, 1.807) is 43.3 Å². The number of esters is 1. The van der Waals surface area contributed by atoms with Crippen LogP contribution in [0.15, 0.2) is 53.2 Å². The Kier molecular flexibility index (Phi) is 4.79. The first-order valence-electron chi connectivity index (χ1n) is 7.99. The lowest BCUT2D eigenvalue weighted by Crippen LogP contribution is -2.08. The maximum atomic E-state index is 12.1. The molecule has 1 heterocycles. The van der Waals surface area contributed by atoms with Gasteiger partial charge in [-0.25, -0.2) is 9.79 Å². The molecule has 132 valence electrons. The Labute approximate surface area is 149 Å². The minimum atomic E-state index is -0.597. The molecule has 0 saturated heterocycles. The molecule has 0 atom stereocenters. The van der Waals surface area contributed by atoms with Gasteiger partial charge in [0.2, 0.25) is 5.90 Å². The second-order valence-electron chi connectivity index (χ2n) is 5.54. The molecule has 0 radical (unpaired) electrons. The minimum absolute atomic E-state index is 0.0507. The summed E-state index contributed by atoms with van der Waals surface area (Å²) in [6.45, 7) is 4.07. The van der Waals surface area contributed by atoms with Gasteiger partial charge in [-0.15, -0.1) is 0 Å². The van der Waals surface area contributed by atoms with Crippen molar-refractivity contribution >= 4 is 23.6 Å². The van der Waals surface area contributed by atoms with Gasteiger partial charge in [-0.2, -0.15) is 0 Å². The second-order valence-corrected chi connectivity index (χ2v) is 5.54. The van der Waals surface area contributed by atoms with Gasteiger partial charge in [0.1, 0.15) is 5.75 Å². The van der Waals surface area contributed by atoms with Crippen LogP contribution in [0.5, 0.6) is 5.75 Å². The SMILES string of the molecule is CCOc1ccc(/C=C2\N=C(c3cccc([N+](=O)[O-])c3C)OC2=O)cc1. The van der Waals surface area contributed by atoms with Gasteiger partial charge in [-0.3, -0.25) is 10.1 Å². The Morgan fingerprint density at radius 1 is 1.23 bits per heavy atom. The van der Waals surface area contributed by atoms with Gasteiger partial charge in [0.15, 0.2) is 5.70 Å². The maximum absolute atomic E-state index is 12.1. The van der Waals surface area contributed by atoms with E-state index in [4.69, 9.17) is 9.47 Å². The molecule has 0 spiro atoms. The average molecular weight is 352 g/mol. The Hall–Kier alpha value is -3.48. The van der Waals surface area contributed by atoms with Crippen LogP contribution in [0.4, 0.5) is 5.69 Å². The molecule has 0 amide bonds. The first-order valence-corrected chi connectivity index (χ1v) is 7.99. The molecule has 0 unspecified atom stereocenters. The number of carbonyl (C=O) groups excluding carboxylic acids is 1. The topological polar surface area (TPSA) is 91.0 Å². The summed E-state index contributed by atoms with van der Waals surface area (Å²) in [6, 6.07) is 11.8. The van der Waals surface area contributed by atoms with E-state index < -0.39 is 10.9 Å². The monoisotopic (exact) mass is 352 g/mol. The molecular weight excluding hydrogens is 336 g/mol. The predicted molar refractivity (Wildman–Crippen MR) is 96.1 cm³/mol. The first kappa shape index (κ1) is 17.3. The van der Waals surface area contributed by atoms with Gasteiger partial charge >= 0.3 is 5.97 Å². The molecule has 26 heavy (non-hydrogen) atoms. The average Bonchev–Trinajstić information content (AvgIpc) is 2.97. The molecule has 0 bridgehead atoms. The summed E-state index contributed by atoms with van der Waals surface area (Å²) >= 11 is 0. The summed E-state index contributed by atoms with van der Waals surface area (Å²) in [4.78, 5) is 26.9. The van der Waals surface area contributed by atoms with Gasteiger partial charge in [0.25, 0.3) is 5.69 Å². The van der Waals surface area contributed by atoms with Crippen molar-refractivity contribution in [2.75, 3.05) is 6.61 Å². The van der Waals surface area contributed by atoms with Crippen molar-refractivity contribution in [1.29, 1.82) is 0 Å². The fourth-order valence-corrected chi connectivity index (χ4v) is 2.56.